The van der Waals surface area contributed by atoms with Gasteiger partial charge in [0.15, 0.2) is 0 Å². The number of nitrogens with zero attached hydrogens (tertiary/aromatic N) is 3. The van der Waals surface area contributed by atoms with E-state index in [9.17, 15) is 4.79 Å². The third-order valence-corrected chi connectivity index (χ3v) is 6.50. The van der Waals surface area contributed by atoms with Crippen molar-refractivity contribution < 1.29 is 9.53 Å². The molecule has 0 spiro atoms. The van der Waals surface area contributed by atoms with Gasteiger partial charge in [-0.3, -0.25) is 9.69 Å². The molecule has 0 N–H and O–H groups in total. The number of amides is 1. The van der Waals surface area contributed by atoms with E-state index in [0.29, 0.717) is 24.5 Å². The highest BCUT2D eigenvalue weighted by Crippen LogP contribution is 2.24. The highest BCUT2D eigenvalue weighted by atomic mass is 32.2. The topological polar surface area (TPSA) is 36.0 Å². The maximum atomic E-state index is 12.5. The molecule has 132 valence electrons. The molecule has 3 aliphatic heterocycles. The zero-order valence-electron chi connectivity index (χ0n) is 14.4. The Morgan fingerprint density at radius 2 is 2.09 bits per heavy atom. The maximum absolute atomic E-state index is 12.5. The lowest BCUT2D eigenvalue weighted by Gasteiger charge is -2.34. The predicted molar refractivity (Wildman–Crippen MR) is 95.0 cm³/mol. The highest BCUT2D eigenvalue weighted by molar-refractivity contribution is 7.99. The van der Waals surface area contributed by atoms with E-state index in [2.05, 4.69) is 16.8 Å². The van der Waals surface area contributed by atoms with Gasteiger partial charge in [-0.1, -0.05) is 0 Å². The summed E-state index contributed by atoms with van der Waals surface area (Å²) >= 11 is 2.05. The zero-order valence-corrected chi connectivity index (χ0v) is 15.2. The molecule has 1 amide bonds. The predicted octanol–water partition coefficient (Wildman–Crippen LogP) is 1.14. The molecule has 6 heteroatoms. The van der Waals surface area contributed by atoms with Gasteiger partial charge >= 0.3 is 0 Å². The molecule has 0 bridgehead atoms. The minimum atomic E-state index is 0.334. The first-order valence-corrected chi connectivity index (χ1v) is 10.3. The largest absolute Gasteiger partial charge is 0.377 e. The number of thioether (sulfide) groups is 1. The fraction of sp³-hybridized carbons (Fsp3) is 0.941. The first-order chi connectivity index (χ1) is 11.2. The van der Waals surface area contributed by atoms with Gasteiger partial charge in [-0.05, 0) is 32.1 Å². The SMILES string of the molecule is CN1CCN(C(=O)CCN(C[C@@H]2CCCO2)[C@@H]2CCSC2)CC1. The molecular formula is C17H31N3O2S. The van der Waals surface area contributed by atoms with E-state index in [0.717, 1.165) is 45.9 Å². The van der Waals surface area contributed by atoms with Crippen LogP contribution in [0.25, 0.3) is 0 Å². The van der Waals surface area contributed by atoms with Gasteiger partial charge in [0.2, 0.25) is 5.91 Å². The third kappa shape index (κ3) is 5.08. The van der Waals surface area contributed by atoms with Crippen LogP contribution in [0.2, 0.25) is 0 Å². The van der Waals surface area contributed by atoms with Gasteiger partial charge in [-0.15, -0.1) is 0 Å². The first kappa shape index (κ1) is 17.5. The average Bonchev–Trinajstić information content (AvgIpc) is 3.25. The van der Waals surface area contributed by atoms with Crippen LogP contribution in [0.5, 0.6) is 0 Å². The van der Waals surface area contributed by atoms with Crippen molar-refractivity contribution in [2.45, 2.75) is 37.8 Å². The summed E-state index contributed by atoms with van der Waals surface area (Å²) < 4.78 is 5.83. The van der Waals surface area contributed by atoms with Gasteiger partial charge < -0.3 is 14.5 Å². The molecule has 23 heavy (non-hydrogen) atoms. The standard InChI is InChI=1S/C17H31N3O2S/c1-18-7-9-19(10-8-18)17(21)4-6-20(15-5-12-23-14-15)13-16-3-2-11-22-16/h15-16H,2-14H2,1H3/t15-,16+/m1/s1. The van der Waals surface area contributed by atoms with Gasteiger partial charge in [-0.25, -0.2) is 0 Å². The number of ether oxygens (including phenoxy) is 1. The third-order valence-electron chi connectivity index (χ3n) is 5.35. The second-order valence-electron chi connectivity index (χ2n) is 7.08. The molecule has 2 atom stereocenters. The van der Waals surface area contributed by atoms with Crippen molar-refractivity contribution in [1.29, 1.82) is 0 Å². The molecular weight excluding hydrogens is 310 g/mol. The van der Waals surface area contributed by atoms with E-state index in [1.165, 1.54) is 30.8 Å². The summed E-state index contributed by atoms with van der Waals surface area (Å²) in [6.45, 7) is 6.62. The lowest BCUT2D eigenvalue weighted by atomic mass is 10.1. The zero-order chi connectivity index (χ0) is 16.1. The van der Waals surface area contributed by atoms with Crippen LogP contribution in [0.3, 0.4) is 0 Å². The summed E-state index contributed by atoms with van der Waals surface area (Å²) in [5.74, 6) is 2.82. The van der Waals surface area contributed by atoms with Crippen LogP contribution in [0.4, 0.5) is 0 Å². The smallest absolute Gasteiger partial charge is 0.223 e. The van der Waals surface area contributed by atoms with Gasteiger partial charge in [-0.2, -0.15) is 11.8 Å². The van der Waals surface area contributed by atoms with Crippen LogP contribution >= 0.6 is 11.8 Å². The van der Waals surface area contributed by atoms with E-state index < -0.39 is 0 Å². The summed E-state index contributed by atoms with van der Waals surface area (Å²) in [7, 11) is 2.13. The normalized spacial score (nSPS) is 29.6. The minimum absolute atomic E-state index is 0.334. The summed E-state index contributed by atoms with van der Waals surface area (Å²) in [6, 6.07) is 0.643. The van der Waals surface area contributed by atoms with Gasteiger partial charge in [0.1, 0.15) is 0 Å². The van der Waals surface area contributed by atoms with Crippen LogP contribution < -0.4 is 0 Å². The van der Waals surface area contributed by atoms with Crippen molar-refractivity contribution in [3.8, 4) is 0 Å². The average molecular weight is 342 g/mol. The minimum Gasteiger partial charge on any atom is -0.377 e. The molecule has 0 radical (unpaired) electrons. The fourth-order valence-corrected chi connectivity index (χ4v) is 4.99. The van der Waals surface area contributed by atoms with Crippen LogP contribution in [-0.2, 0) is 9.53 Å². The molecule has 3 aliphatic rings. The van der Waals surface area contributed by atoms with Crippen molar-refractivity contribution in [3.05, 3.63) is 0 Å². The molecule has 0 aromatic heterocycles. The Hall–Kier alpha value is -0.300. The molecule has 3 saturated heterocycles. The number of hydrogen-bond donors (Lipinski definition) is 0. The summed E-state index contributed by atoms with van der Waals surface area (Å²) in [5, 5.41) is 0. The lowest BCUT2D eigenvalue weighted by Crippen LogP contribution is -2.48. The van der Waals surface area contributed by atoms with Crippen molar-refractivity contribution in [2.75, 3.05) is 64.4 Å². The quantitative estimate of drug-likeness (QED) is 0.724. The highest BCUT2D eigenvalue weighted by Gasteiger charge is 2.28. The molecule has 5 nitrogen and oxygen atoms in total. The first-order valence-electron chi connectivity index (χ1n) is 9.12. The Labute approximate surface area is 144 Å². The summed E-state index contributed by atoms with van der Waals surface area (Å²) in [5.41, 5.74) is 0. The molecule has 0 saturated carbocycles. The van der Waals surface area contributed by atoms with Crippen molar-refractivity contribution >= 4 is 17.7 Å². The van der Waals surface area contributed by atoms with Gasteiger partial charge in [0.25, 0.3) is 0 Å². The Kier molecular flexibility index (Phi) is 6.62. The van der Waals surface area contributed by atoms with Crippen LogP contribution in [0, 0.1) is 0 Å². The summed E-state index contributed by atoms with van der Waals surface area (Å²) in [6.07, 6.45) is 4.69. The molecule has 3 rings (SSSR count). The number of carbonyl (C=O) groups excluding carboxylic acids is 1. The van der Waals surface area contributed by atoms with E-state index >= 15 is 0 Å². The Balaban J connectivity index is 1.47. The molecule has 0 aromatic carbocycles. The molecule has 3 fully saturated rings. The Morgan fingerprint density at radius 3 is 2.74 bits per heavy atom. The molecule has 3 heterocycles. The van der Waals surface area contributed by atoms with Crippen LogP contribution in [0.15, 0.2) is 0 Å². The molecule has 0 aromatic rings. The number of likely N-dealkylation sites (N-methyl/N-ethyl adjacent to an activating group) is 1. The van der Waals surface area contributed by atoms with Gasteiger partial charge in [0.05, 0.1) is 6.10 Å². The van der Waals surface area contributed by atoms with E-state index in [-0.39, 0.29) is 0 Å². The van der Waals surface area contributed by atoms with Crippen LogP contribution in [0.1, 0.15) is 25.7 Å². The Bertz CT molecular complexity index is 376. The Morgan fingerprint density at radius 1 is 1.26 bits per heavy atom. The van der Waals surface area contributed by atoms with Crippen LogP contribution in [-0.4, -0.2) is 97.2 Å². The van der Waals surface area contributed by atoms with Crippen molar-refractivity contribution in [2.24, 2.45) is 0 Å². The van der Waals surface area contributed by atoms with Crippen molar-refractivity contribution in [3.63, 3.8) is 0 Å². The second kappa shape index (κ2) is 8.70. The summed E-state index contributed by atoms with van der Waals surface area (Å²) in [4.78, 5) is 19.4. The maximum Gasteiger partial charge on any atom is 0.223 e. The van der Waals surface area contributed by atoms with E-state index in [1.807, 2.05) is 16.7 Å². The fourth-order valence-electron chi connectivity index (χ4n) is 3.74. The lowest BCUT2D eigenvalue weighted by molar-refractivity contribution is -0.133. The number of piperazine rings is 1. The van der Waals surface area contributed by atoms with E-state index in [1.54, 1.807) is 0 Å². The second-order valence-corrected chi connectivity index (χ2v) is 8.23. The number of rotatable bonds is 6. The molecule has 0 unspecified atom stereocenters. The van der Waals surface area contributed by atoms with E-state index in [4.69, 9.17) is 4.74 Å². The van der Waals surface area contributed by atoms with Gasteiger partial charge in [0, 0.05) is 64.1 Å². The number of hydrogen-bond acceptors (Lipinski definition) is 5. The van der Waals surface area contributed by atoms with Crippen molar-refractivity contribution in [1.82, 2.24) is 14.7 Å². The monoisotopic (exact) mass is 341 g/mol. The molecule has 0 aliphatic carbocycles. The number of carbonyl (C=O) groups is 1.